The van der Waals surface area contributed by atoms with Crippen LogP contribution >= 0.6 is 0 Å². The maximum absolute atomic E-state index is 13.3. The van der Waals surface area contributed by atoms with E-state index in [2.05, 4.69) is 20.6 Å². The number of rotatable bonds is 9. The molecule has 1 aromatic heterocycles. The molecule has 4 rings (SSSR count). The van der Waals surface area contributed by atoms with Crippen LogP contribution in [0.15, 0.2) is 35.4 Å². The van der Waals surface area contributed by atoms with Gasteiger partial charge in [-0.3, -0.25) is 13.8 Å². The van der Waals surface area contributed by atoms with E-state index in [9.17, 15) is 26.4 Å². The van der Waals surface area contributed by atoms with Gasteiger partial charge in [0, 0.05) is 37.0 Å². The van der Waals surface area contributed by atoms with Gasteiger partial charge in [0.05, 0.1) is 30.2 Å². The fraction of sp³-hybridized carbons (Fsp3) is 0.500. The summed E-state index contributed by atoms with van der Waals surface area (Å²) in [5.41, 5.74) is 2.40. The van der Waals surface area contributed by atoms with Gasteiger partial charge in [-0.25, -0.2) is 18.4 Å². The molecule has 2 amide bonds. The number of hydrogen-bond donors (Lipinski definition) is 2. The minimum atomic E-state index is -3.99. The molecule has 1 fully saturated rings. The van der Waals surface area contributed by atoms with Crippen LogP contribution in [0.4, 0.5) is 0 Å². The molecular formula is C24H31N5O7S2. The second kappa shape index (κ2) is 11.4. The lowest BCUT2D eigenvalue weighted by atomic mass is 9.92. The van der Waals surface area contributed by atoms with Gasteiger partial charge in [0.1, 0.15) is 11.9 Å². The Hall–Kier alpha value is -2.94. The van der Waals surface area contributed by atoms with Crippen LogP contribution in [0.3, 0.4) is 0 Å². The first-order chi connectivity index (χ1) is 17.9. The molecule has 0 saturated carbocycles. The van der Waals surface area contributed by atoms with Crippen molar-refractivity contribution in [3.05, 3.63) is 53.1 Å². The smallest absolute Gasteiger partial charge is 0.264 e. The predicted molar refractivity (Wildman–Crippen MR) is 137 cm³/mol. The highest BCUT2D eigenvalue weighted by atomic mass is 32.2. The van der Waals surface area contributed by atoms with Gasteiger partial charge in [0.15, 0.2) is 0 Å². The van der Waals surface area contributed by atoms with E-state index >= 15 is 0 Å². The maximum Gasteiger partial charge on any atom is 0.264 e. The first-order valence-corrected chi connectivity index (χ1v) is 15.5. The van der Waals surface area contributed by atoms with Crippen LogP contribution in [0.2, 0.25) is 0 Å². The number of carbonyl (C=O) groups excluding carboxylic acids is 2. The molecule has 12 nitrogen and oxygen atoms in total. The standard InChI is InChI=1S/C24H31N5O7S2/c1-16-6-8-17(9-7-16)38(34,35)29-12-11-25-24(31)21(29)14-23(30)28-20-5-3-4-19-18(20)15-26-22(27-19)10-13-36-37(2,32)33/h6-9,15,20-21H,3-5,10-14H2,1-2H3,(H,25,31)(H,28,30)/t20-,21?/m1/s1. The molecule has 0 bridgehead atoms. The van der Waals surface area contributed by atoms with Crippen molar-refractivity contribution in [2.75, 3.05) is 26.0 Å². The summed E-state index contributed by atoms with van der Waals surface area (Å²) in [7, 11) is -7.54. The van der Waals surface area contributed by atoms with Gasteiger partial charge < -0.3 is 10.6 Å². The van der Waals surface area contributed by atoms with Crippen LogP contribution in [0.5, 0.6) is 0 Å². The summed E-state index contributed by atoms with van der Waals surface area (Å²) in [6.45, 7) is 2.00. The Bertz CT molecular complexity index is 1410. The van der Waals surface area contributed by atoms with Crippen molar-refractivity contribution in [2.24, 2.45) is 0 Å². The topological polar surface area (TPSA) is 165 Å². The summed E-state index contributed by atoms with van der Waals surface area (Å²) in [6.07, 6.45) is 4.56. The summed E-state index contributed by atoms with van der Waals surface area (Å²) in [6, 6.07) is 4.80. The van der Waals surface area contributed by atoms with Crippen LogP contribution < -0.4 is 10.6 Å². The maximum atomic E-state index is 13.3. The zero-order valence-electron chi connectivity index (χ0n) is 21.2. The molecule has 206 valence electrons. The third-order valence-electron chi connectivity index (χ3n) is 6.48. The Morgan fingerprint density at radius 1 is 1.21 bits per heavy atom. The number of hydrogen-bond acceptors (Lipinski definition) is 9. The molecule has 1 saturated heterocycles. The van der Waals surface area contributed by atoms with Crippen LogP contribution in [0.1, 0.15) is 47.9 Å². The average Bonchev–Trinajstić information content (AvgIpc) is 2.85. The molecule has 2 aliphatic rings. The van der Waals surface area contributed by atoms with E-state index in [1.807, 2.05) is 6.92 Å². The number of benzene rings is 1. The van der Waals surface area contributed by atoms with Gasteiger partial charge in [-0.15, -0.1) is 0 Å². The Morgan fingerprint density at radius 3 is 2.66 bits per heavy atom. The first kappa shape index (κ1) is 28.1. The molecule has 1 aliphatic carbocycles. The van der Waals surface area contributed by atoms with E-state index in [1.54, 1.807) is 18.3 Å². The van der Waals surface area contributed by atoms with Crippen LogP contribution in [-0.2, 0) is 46.8 Å². The van der Waals surface area contributed by atoms with Crippen molar-refractivity contribution in [1.29, 1.82) is 0 Å². The first-order valence-electron chi connectivity index (χ1n) is 12.3. The number of fused-ring (bicyclic) bond motifs is 1. The number of amides is 2. The lowest BCUT2D eigenvalue weighted by Gasteiger charge is -2.34. The zero-order valence-corrected chi connectivity index (χ0v) is 22.8. The minimum Gasteiger partial charge on any atom is -0.353 e. The zero-order chi connectivity index (χ0) is 27.5. The van der Waals surface area contributed by atoms with Gasteiger partial charge in [-0.1, -0.05) is 17.7 Å². The Balaban J connectivity index is 1.45. The third kappa shape index (κ3) is 6.73. The SMILES string of the molecule is Cc1ccc(S(=O)(=O)N2CCNC(=O)C2CC(=O)N[C@@H]2CCCc3nc(CCOS(C)(=O)=O)ncc32)cc1. The normalized spacial score (nSPS) is 20.4. The number of aryl methyl sites for hydroxylation is 2. The number of piperazine rings is 1. The lowest BCUT2D eigenvalue weighted by molar-refractivity contribution is -0.132. The highest BCUT2D eigenvalue weighted by molar-refractivity contribution is 7.89. The molecule has 2 N–H and O–H groups in total. The fourth-order valence-corrected chi connectivity index (χ4v) is 6.57. The predicted octanol–water partition coefficient (Wildman–Crippen LogP) is 0.377. The van der Waals surface area contributed by atoms with Gasteiger partial charge in [0.2, 0.25) is 21.8 Å². The second-order valence-electron chi connectivity index (χ2n) is 9.42. The van der Waals surface area contributed by atoms with E-state index in [0.29, 0.717) is 18.7 Å². The Kier molecular flexibility index (Phi) is 8.45. The highest BCUT2D eigenvalue weighted by Crippen LogP contribution is 2.29. The highest BCUT2D eigenvalue weighted by Gasteiger charge is 2.40. The second-order valence-corrected chi connectivity index (χ2v) is 13.0. The summed E-state index contributed by atoms with van der Waals surface area (Å²) in [5.74, 6) is -0.537. The van der Waals surface area contributed by atoms with Crippen molar-refractivity contribution >= 4 is 32.0 Å². The van der Waals surface area contributed by atoms with E-state index in [4.69, 9.17) is 4.18 Å². The summed E-state index contributed by atoms with van der Waals surface area (Å²) in [4.78, 5) is 34.6. The molecule has 2 aromatic rings. The van der Waals surface area contributed by atoms with Crippen molar-refractivity contribution in [3.8, 4) is 0 Å². The molecular weight excluding hydrogens is 534 g/mol. The number of nitrogens with zero attached hydrogens (tertiary/aromatic N) is 3. The number of carbonyl (C=O) groups is 2. The van der Waals surface area contributed by atoms with Crippen LogP contribution in [0, 0.1) is 6.92 Å². The molecule has 38 heavy (non-hydrogen) atoms. The fourth-order valence-electron chi connectivity index (χ4n) is 4.59. The minimum absolute atomic E-state index is 0.0613. The molecule has 14 heteroatoms. The Labute approximate surface area is 222 Å². The lowest BCUT2D eigenvalue weighted by Crippen LogP contribution is -2.58. The monoisotopic (exact) mass is 565 g/mol. The molecule has 2 atom stereocenters. The van der Waals surface area contributed by atoms with Gasteiger partial charge >= 0.3 is 0 Å². The molecule has 0 radical (unpaired) electrons. The summed E-state index contributed by atoms with van der Waals surface area (Å²) >= 11 is 0. The van der Waals surface area contributed by atoms with Gasteiger partial charge in [0.25, 0.3) is 10.1 Å². The number of sulfonamides is 1. The van der Waals surface area contributed by atoms with Crippen molar-refractivity contribution < 1.29 is 30.6 Å². The van der Waals surface area contributed by atoms with E-state index in [-0.39, 0.29) is 43.5 Å². The third-order valence-corrected chi connectivity index (χ3v) is 9.00. The van der Waals surface area contributed by atoms with Crippen LogP contribution in [-0.4, -0.2) is 74.9 Å². The van der Waals surface area contributed by atoms with E-state index < -0.39 is 38.0 Å². The van der Waals surface area contributed by atoms with Gasteiger partial charge in [-0.2, -0.15) is 12.7 Å². The van der Waals surface area contributed by atoms with E-state index in [1.165, 1.54) is 12.1 Å². The molecule has 1 unspecified atom stereocenters. The van der Waals surface area contributed by atoms with Crippen molar-refractivity contribution in [1.82, 2.24) is 24.9 Å². The van der Waals surface area contributed by atoms with E-state index in [0.717, 1.165) is 33.8 Å². The summed E-state index contributed by atoms with van der Waals surface area (Å²) in [5, 5.41) is 5.58. The number of nitrogens with one attached hydrogen (secondary N) is 2. The largest absolute Gasteiger partial charge is 0.353 e. The Morgan fingerprint density at radius 2 is 1.95 bits per heavy atom. The van der Waals surface area contributed by atoms with Crippen LogP contribution in [0.25, 0.3) is 0 Å². The van der Waals surface area contributed by atoms with Crippen molar-refractivity contribution in [2.45, 2.75) is 56.0 Å². The molecule has 2 heterocycles. The molecule has 1 aliphatic heterocycles. The van der Waals surface area contributed by atoms with Crippen molar-refractivity contribution in [3.63, 3.8) is 0 Å². The summed E-state index contributed by atoms with van der Waals surface area (Å²) < 4.78 is 54.8. The molecule has 1 aromatic carbocycles. The quantitative estimate of drug-likeness (QED) is 0.409. The molecule has 0 spiro atoms. The number of aromatic nitrogens is 2. The average molecular weight is 566 g/mol. The van der Waals surface area contributed by atoms with Gasteiger partial charge in [-0.05, 0) is 38.3 Å².